The van der Waals surface area contributed by atoms with Gasteiger partial charge >= 0.3 is 71.1 Å². The Bertz CT molecular complexity index is 741. The summed E-state index contributed by atoms with van der Waals surface area (Å²) in [5.74, 6) is -0.0568. The molecule has 44 heavy (non-hydrogen) atoms. The molecule has 0 spiro atoms. The summed E-state index contributed by atoms with van der Waals surface area (Å²) in [5, 5.41) is 0.194. The fraction of sp³-hybridized carbons (Fsp3) is 0.903. The maximum atomic E-state index is 12.2. The van der Waals surface area contributed by atoms with E-state index < -0.39 is 32.5 Å². The third-order valence-corrected chi connectivity index (χ3v) is 8.33. The normalized spacial score (nSPS) is 11.7. The summed E-state index contributed by atoms with van der Waals surface area (Å²) in [7, 11) is -5.24. The SMILES string of the molecule is CCCCCCCCCCCC(=O)O[C@H](COC(=O)CCCCCCCCCCCCCSC(C)=O)COP(=O)([O-])[O-].[Na+].[Na+]. The Morgan fingerprint density at radius 1 is 0.636 bits per heavy atom. The minimum atomic E-state index is -5.24. The smallest absolute Gasteiger partial charge is 0.790 e. The minimum Gasteiger partial charge on any atom is -0.790 e. The molecule has 0 bridgehead atoms. The van der Waals surface area contributed by atoms with Gasteiger partial charge < -0.3 is 28.3 Å². The van der Waals surface area contributed by atoms with Crippen LogP contribution in [0.25, 0.3) is 0 Å². The predicted octanol–water partition coefficient (Wildman–Crippen LogP) is 1.18. The van der Waals surface area contributed by atoms with E-state index in [0.717, 1.165) is 50.7 Å². The molecule has 0 fully saturated rings. The van der Waals surface area contributed by atoms with Crippen molar-refractivity contribution in [3.05, 3.63) is 0 Å². The van der Waals surface area contributed by atoms with Gasteiger partial charge in [0.1, 0.15) is 6.61 Å². The van der Waals surface area contributed by atoms with Crippen molar-refractivity contribution in [1.82, 2.24) is 0 Å². The molecule has 0 aliphatic carbocycles. The number of rotatable bonds is 30. The van der Waals surface area contributed by atoms with Crippen molar-refractivity contribution in [2.24, 2.45) is 0 Å². The van der Waals surface area contributed by atoms with Crippen LogP contribution < -0.4 is 68.9 Å². The number of phosphoric ester groups is 1. The first-order valence-corrected chi connectivity index (χ1v) is 18.7. The van der Waals surface area contributed by atoms with Crippen molar-refractivity contribution in [1.29, 1.82) is 0 Å². The van der Waals surface area contributed by atoms with Crippen LogP contribution in [0.1, 0.15) is 155 Å². The first-order chi connectivity index (χ1) is 20.1. The number of hydrogen-bond acceptors (Lipinski definition) is 10. The van der Waals surface area contributed by atoms with Crippen LogP contribution in [-0.2, 0) is 32.9 Å². The maximum Gasteiger partial charge on any atom is 1.00 e. The van der Waals surface area contributed by atoms with Crippen LogP contribution in [0.15, 0.2) is 0 Å². The molecule has 1 atom stereocenters. The molecule has 0 N–H and O–H groups in total. The van der Waals surface area contributed by atoms with Gasteiger partial charge in [0, 0.05) is 25.5 Å². The van der Waals surface area contributed by atoms with Crippen molar-refractivity contribution in [3.63, 3.8) is 0 Å². The van der Waals surface area contributed by atoms with E-state index in [1.165, 1.54) is 82.4 Å². The molecule has 0 aromatic carbocycles. The molecule has 13 heteroatoms. The summed E-state index contributed by atoms with van der Waals surface area (Å²) in [5.41, 5.74) is 0. The third kappa shape index (κ3) is 39.2. The Labute approximate surface area is 316 Å². The van der Waals surface area contributed by atoms with Crippen molar-refractivity contribution in [3.8, 4) is 0 Å². The van der Waals surface area contributed by atoms with E-state index in [2.05, 4.69) is 11.4 Å². The van der Waals surface area contributed by atoms with Gasteiger partial charge in [0.05, 0.1) is 14.4 Å². The number of phosphoric acid groups is 1. The van der Waals surface area contributed by atoms with E-state index in [-0.39, 0.29) is 83.7 Å². The third-order valence-electron chi connectivity index (χ3n) is 6.96. The molecule has 0 aliphatic heterocycles. The summed E-state index contributed by atoms with van der Waals surface area (Å²) >= 11 is 1.41. The molecule has 0 rings (SSSR count). The van der Waals surface area contributed by atoms with Gasteiger partial charge in [-0.1, -0.05) is 128 Å². The maximum absolute atomic E-state index is 12.2. The van der Waals surface area contributed by atoms with E-state index >= 15 is 0 Å². The molecule has 248 valence electrons. The van der Waals surface area contributed by atoms with Gasteiger partial charge in [0.15, 0.2) is 11.2 Å². The topological polar surface area (TPSA) is 142 Å². The van der Waals surface area contributed by atoms with Crippen molar-refractivity contribution in [2.75, 3.05) is 19.0 Å². The number of ether oxygens (including phenoxy) is 2. The molecule has 0 amide bonds. The molecular weight excluding hydrogens is 625 g/mol. The number of hydrogen-bond donors (Lipinski definition) is 0. The zero-order valence-corrected chi connectivity index (χ0v) is 34.0. The molecular formula is C31H57Na2O9PS. The quantitative estimate of drug-likeness (QED) is 0.0469. The van der Waals surface area contributed by atoms with E-state index in [1.54, 1.807) is 6.92 Å². The van der Waals surface area contributed by atoms with E-state index in [0.29, 0.717) is 12.8 Å². The van der Waals surface area contributed by atoms with Gasteiger partial charge in [-0.3, -0.25) is 14.4 Å². The summed E-state index contributed by atoms with van der Waals surface area (Å²) in [6, 6.07) is 0. The fourth-order valence-corrected chi connectivity index (χ4v) is 5.54. The standard InChI is InChI=1S/C31H59O9PS.2Na/c1-3-4-5-6-7-11-15-18-21-24-31(34)40-29(27-39-41(35,36)37)26-38-30(33)23-20-17-14-12-9-8-10-13-16-19-22-25-42-28(2)32;;/h29H,3-27H2,1-2H3,(H2,35,36,37);;/q;2*+1/p-2/t29-;;/m1../s1. The Morgan fingerprint density at radius 2 is 1.05 bits per heavy atom. The summed E-state index contributed by atoms with van der Waals surface area (Å²) in [6.45, 7) is 2.79. The zero-order valence-electron chi connectivity index (χ0n) is 28.3. The average molecular weight is 683 g/mol. The molecule has 0 aromatic heterocycles. The molecule has 0 aliphatic rings. The van der Waals surface area contributed by atoms with E-state index in [1.807, 2.05) is 0 Å². The summed E-state index contributed by atoms with van der Waals surface area (Å²) < 4.78 is 25.6. The van der Waals surface area contributed by atoms with Crippen LogP contribution in [0, 0.1) is 0 Å². The Balaban J connectivity index is -0.00000840. The molecule has 0 unspecified atom stereocenters. The number of thioether (sulfide) groups is 1. The van der Waals surface area contributed by atoms with Gasteiger partial charge in [0.2, 0.25) is 0 Å². The zero-order chi connectivity index (χ0) is 31.3. The fourth-order valence-electron chi connectivity index (χ4n) is 4.55. The van der Waals surface area contributed by atoms with Gasteiger partial charge in [-0.15, -0.1) is 0 Å². The van der Waals surface area contributed by atoms with Gasteiger partial charge in [0.25, 0.3) is 0 Å². The largest absolute Gasteiger partial charge is 1.00 e. The number of carbonyl (C=O) groups excluding carboxylic acids is 3. The molecule has 0 heterocycles. The predicted molar refractivity (Wildman–Crippen MR) is 165 cm³/mol. The van der Waals surface area contributed by atoms with Crippen LogP contribution in [-0.4, -0.2) is 42.1 Å². The van der Waals surface area contributed by atoms with Gasteiger partial charge in [-0.05, 0) is 19.3 Å². The van der Waals surface area contributed by atoms with Crippen molar-refractivity contribution in [2.45, 2.75) is 161 Å². The number of unbranched alkanes of at least 4 members (excludes halogenated alkanes) is 18. The van der Waals surface area contributed by atoms with Crippen LogP contribution >= 0.6 is 19.6 Å². The second-order valence-electron chi connectivity index (χ2n) is 11.1. The van der Waals surface area contributed by atoms with Crippen LogP contribution in [0.5, 0.6) is 0 Å². The summed E-state index contributed by atoms with van der Waals surface area (Å²) in [6.07, 6.45) is 21.4. The molecule has 9 nitrogen and oxygen atoms in total. The second kappa shape index (κ2) is 35.4. The molecule has 0 saturated carbocycles. The van der Waals surface area contributed by atoms with Crippen molar-refractivity contribution < 1.29 is 102 Å². The second-order valence-corrected chi connectivity index (χ2v) is 13.5. The first-order valence-electron chi connectivity index (χ1n) is 16.3. The van der Waals surface area contributed by atoms with Crippen molar-refractivity contribution >= 4 is 36.6 Å². The monoisotopic (exact) mass is 682 g/mol. The first kappa shape index (κ1) is 49.5. The Hall–Kier alpha value is 1.07. The van der Waals surface area contributed by atoms with Gasteiger partial charge in [-0.25, -0.2) is 0 Å². The molecule has 0 radical (unpaired) electrons. The van der Waals surface area contributed by atoms with Gasteiger partial charge in [-0.2, -0.15) is 0 Å². The average Bonchev–Trinajstić information content (AvgIpc) is 2.93. The van der Waals surface area contributed by atoms with E-state index in [9.17, 15) is 28.7 Å². The summed E-state index contributed by atoms with van der Waals surface area (Å²) in [4.78, 5) is 57.0. The van der Waals surface area contributed by atoms with Crippen LogP contribution in [0.4, 0.5) is 0 Å². The number of carbonyl (C=O) groups is 3. The van der Waals surface area contributed by atoms with Crippen LogP contribution in [0.3, 0.4) is 0 Å². The minimum absolute atomic E-state index is 0. The van der Waals surface area contributed by atoms with E-state index in [4.69, 9.17) is 9.47 Å². The number of esters is 2. The van der Waals surface area contributed by atoms with Crippen LogP contribution in [0.2, 0.25) is 0 Å². The molecule has 0 saturated heterocycles. The molecule has 0 aromatic rings. The Kier molecular flexibility index (Phi) is 39.8. The Morgan fingerprint density at radius 3 is 1.48 bits per heavy atom.